The summed E-state index contributed by atoms with van der Waals surface area (Å²) >= 11 is 0. The van der Waals surface area contributed by atoms with Crippen molar-refractivity contribution in [2.75, 3.05) is 5.73 Å². The van der Waals surface area contributed by atoms with Crippen molar-refractivity contribution in [3.05, 3.63) is 54.7 Å². The van der Waals surface area contributed by atoms with Crippen molar-refractivity contribution < 1.29 is 4.74 Å². The molecule has 4 heteroatoms. The standard InChI is InChI=1S/C14H11N3O/c15-10-6-7-12-13(8-10)17-16-9-14(12)18-11-4-2-1-3-5-11/h1-9H,15H2. The van der Waals surface area contributed by atoms with Gasteiger partial charge in [0, 0.05) is 11.1 Å². The fourth-order valence-corrected chi connectivity index (χ4v) is 1.75. The normalized spacial score (nSPS) is 10.4. The molecule has 0 amide bonds. The molecule has 2 N–H and O–H groups in total. The van der Waals surface area contributed by atoms with E-state index in [1.165, 1.54) is 0 Å². The van der Waals surface area contributed by atoms with E-state index in [4.69, 9.17) is 10.5 Å². The second-order valence-corrected chi connectivity index (χ2v) is 3.90. The molecule has 0 atom stereocenters. The average molecular weight is 237 g/mol. The fourth-order valence-electron chi connectivity index (χ4n) is 1.75. The number of nitrogens with two attached hydrogens (primary N) is 1. The van der Waals surface area contributed by atoms with Gasteiger partial charge in [-0.1, -0.05) is 18.2 Å². The van der Waals surface area contributed by atoms with E-state index in [9.17, 15) is 0 Å². The number of nitrogens with zero attached hydrogens (tertiary/aromatic N) is 2. The number of ether oxygens (including phenoxy) is 1. The van der Waals surface area contributed by atoms with Crippen LogP contribution in [-0.2, 0) is 0 Å². The third-order valence-electron chi connectivity index (χ3n) is 2.60. The number of hydrogen-bond donors (Lipinski definition) is 1. The van der Waals surface area contributed by atoms with Gasteiger partial charge >= 0.3 is 0 Å². The average Bonchev–Trinajstić information content (AvgIpc) is 2.40. The van der Waals surface area contributed by atoms with Crippen LogP contribution in [0.2, 0.25) is 0 Å². The van der Waals surface area contributed by atoms with Crippen molar-refractivity contribution in [2.45, 2.75) is 0 Å². The Morgan fingerprint density at radius 1 is 1.00 bits per heavy atom. The Hall–Kier alpha value is -2.62. The van der Waals surface area contributed by atoms with Crippen LogP contribution in [0.25, 0.3) is 10.9 Å². The summed E-state index contributed by atoms with van der Waals surface area (Å²) in [5, 5.41) is 8.85. The first-order valence-electron chi connectivity index (χ1n) is 5.57. The zero-order valence-electron chi connectivity index (χ0n) is 9.58. The molecule has 0 aliphatic heterocycles. The highest BCUT2D eigenvalue weighted by Gasteiger charge is 2.05. The molecule has 3 aromatic rings. The minimum Gasteiger partial charge on any atom is -0.455 e. The summed E-state index contributed by atoms with van der Waals surface area (Å²) in [6.07, 6.45) is 1.60. The van der Waals surface area contributed by atoms with E-state index in [2.05, 4.69) is 10.2 Å². The van der Waals surface area contributed by atoms with Crippen LogP contribution in [0.15, 0.2) is 54.7 Å². The van der Waals surface area contributed by atoms with Crippen LogP contribution in [0.5, 0.6) is 11.5 Å². The van der Waals surface area contributed by atoms with Crippen LogP contribution >= 0.6 is 0 Å². The molecule has 0 saturated heterocycles. The number of benzene rings is 2. The van der Waals surface area contributed by atoms with Gasteiger partial charge in [0.25, 0.3) is 0 Å². The number of aromatic nitrogens is 2. The van der Waals surface area contributed by atoms with E-state index in [1.54, 1.807) is 12.3 Å². The second kappa shape index (κ2) is 4.33. The molecular weight excluding hydrogens is 226 g/mol. The van der Waals surface area contributed by atoms with E-state index in [0.717, 1.165) is 16.7 Å². The molecule has 3 rings (SSSR count). The Morgan fingerprint density at radius 2 is 1.83 bits per heavy atom. The fraction of sp³-hybridized carbons (Fsp3) is 0. The summed E-state index contributed by atoms with van der Waals surface area (Å²) in [6, 6.07) is 15.1. The van der Waals surface area contributed by atoms with Gasteiger partial charge in [-0.15, -0.1) is 0 Å². The van der Waals surface area contributed by atoms with Gasteiger partial charge in [-0.05, 0) is 30.3 Å². The summed E-state index contributed by atoms with van der Waals surface area (Å²) in [7, 11) is 0. The number of anilines is 1. The van der Waals surface area contributed by atoms with Crippen molar-refractivity contribution in [3.8, 4) is 11.5 Å². The van der Waals surface area contributed by atoms with E-state index in [0.29, 0.717) is 11.4 Å². The predicted octanol–water partition coefficient (Wildman–Crippen LogP) is 3.00. The number of para-hydroxylation sites is 1. The third kappa shape index (κ3) is 1.96. The van der Waals surface area contributed by atoms with Gasteiger partial charge in [0.15, 0.2) is 5.75 Å². The molecule has 0 spiro atoms. The first-order chi connectivity index (χ1) is 8.83. The third-order valence-corrected chi connectivity index (χ3v) is 2.60. The zero-order valence-corrected chi connectivity index (χ0v) is 9.58. The van der Waals surface area contributed by atoms with E-state index < -0.39 is 0 Å². The Balaban J connectivity index is 2.07. The molecule has 0 fully saturated rings. The van der Waals surface area contributed by atoms with E-state index in [1.807, 2.05) is 42.5 Å². The molecule has 0 bridgehead atoms. The Kier molecular flexibility index (Phi) is 2.53. The molecule has 1 aromatic heterocycles. The summed E-state index contributed by atoms with van der Waals surface area (Å²) in [5.74, 6) is 1.44. The van der Waals surface area contributed by atoms with Crippen LogP contribution in [0.4, 0.5) is 5.69 Å². The molecular formula is C14H11N3O. The zero-order chi connectivity index (χ0) is 12.4. The Bertz CT molecular complexity index is 683. The minimum atomic E-state index is 0.661. The van der Waals surface area contributed by atoms with Gasteiger partial charge in [0.2, 0.25) is 0 Å². The van der Waals surface area contributed by atoms with Crippen LogP contribution < -0.4 is 10.5 Å². The predicted molar refractivity (Wildman–Crippen MR) is 70.5 cm³/mol. The molecule has 0 unspecified atom stereocenters. The lowest BCUT2D eigenvalue weighted by Crippen LogP contribution is -1.92. The van der Waals surface area contributed by atoms with Gasteiger partial charge in [-0.2, -0.15) is 10.2 Å². The molecule has 1 heterocycles. The molecule has 0 aliphatic rings. The van der Waals surface area contributed by atoms with Gasteiger partial charge < -0.3 is 10.5 Å². The molecule has 0 saturated carbocycles. The molecule has 2 aromatic carbocycles. The second-order valence-electron chi connectivity index (χ2n) is 3.90. The van der Waals surface area contributed by atoms with E-state index >= 15 is 0 Å². The number of fused-ring (bicyclic) bond motifs is 1. The Morgan fingerprint density at radius 3 is 2.67 bits per heavy atom. The van der Waals surface area contributed by atoms with Gasteiger partial charge in [0.1, 0.15) is 5.75 Å². The van der Waals surface area contributed by atoms with Crippen LogP contribution in [0, 0.1) is 0 Å². The lowest BCUT2D eigenvalue weighted by atomic mass is 10.2. The molecule has 18 heavy (non-hydrogen) atoms. The maximum Gasteiger partial charge on any atom is 0.156 e. The summed E-state index contributed by atoms with van der Waals surface area (Å²) in [5.41, 5.74) is 7.10. The van der Waals surface area contributed by atoms with Crippen molar-refractivity contribution in [1.29, 1.82) is 0 Å². The quantitative estimate of drug-likeness (QED) is 0.696. The maximum atomic E-state index is 5.79. The molecule has 0 aliphatic carbocycles. The van der Waals surface area contributed by atoms with Gasteiger partial charge in [-0.25, -0.2) is 0 Å². The maximum absolute atomic E-state index is 5.79. The number of rotatable bonds is 2. The van der Waals surface area contributed by atoms with E-state index in [-0.39, 0.29) is 0 Å². The smallest absolute Gasteiger partial charge is 0.156 e. The van der Waals surface area contributed by atoms with Crippen molar-refractivity contribution in [1.82, 2.24) is 10.2 Å². The highest BCUT2D eigenvalue weighted by atomic mass is 16.5. The summed E-state index contributed by atoms with van der Waals surface area (Å²) in [6.45, 7) is 0. The van der Waals surface area contributed by atoms with Crippen LogP contribution in [0.3, 0.4) is 0 Å². The monoisotopic (exact) mass is 237 g/mol. The van der Waals surface area contributed by atoms with Crippen LogP contribution in [0.1, 0.15) is 0 Å². The SMILES string of the molecule is Nc1ccc2c(Oc3ccccc3)cnnc2c1. The first kappa shape index (κ1) is 10.5. The molecule has 4 nitrogen and oxygen atoms in total. The largest absolute Gasteiger partial charge is 0.455 e. The molecule has 0 radical (unpaired) electrons. The first-order valence-corrected chi connectivity index (χ1v) is 5.57. The highest BCUT2D eigenvalue weighted by molar-refractivity contribution is 5.86. The Labute approximate surface area is 104 Å². The summed E-state index contributed by atoms with van der Waals surface area (Å²) in [4.78, 5) is 0. The molecule has 88 valence electrons. The van der Waals surface area contributed by atoms with Crippen molar-refractivity contribution in [3.63, 3.8) is 0 Å². The minimum absolute atomic E-state index is 0.661. The lowest BCUT2D eigenvalue weighted by molar-refractivity contribution is 0.485. The van der Waals surface area contributed by atoms with Crippen molar-refractivity contribution >= 4 is 16.6 Å². The van der Waals surface area contributed by atoms with Gasteiger partial charge in [0.05, 0.1) is 11.7 Å². The van der Waals surface area contributed by atoms with Crippen molar-refractivity contribution in [2.24, 2.45) is 0 Å². The van der Waals surface area contributed by atoms with Gasteiger partial charge in [-0.3, -0.25) is 0 Å². The van der Waals surface area contributed by atoms with Crippen LogP contribution in [-0.4, -0.2) is 10.2 Å². The number of nitrogen functional groups attached to an aromatic ring is 1. The highest BCUT2D eigenvalue weighted by Crippen LogP contribution is 2.28. The lowest BCUT2D eigenvalue weighted by Gasteiger charge is -2.07. The number of hydrogen-bond acceptors (Lipinski definition) is 4. The summed E-state index contributed by atoms with van der Waals surface area (Å²) < 4.78 is 5.79. The topological polar surface area (TPSA) is 61.0 Å².